The predicted octanol–water partition coefficient (Wildman–Crippen LogP) is 2.46. The van der Waals surface area contributed by atoms with Crippen molar-refractivity contribution in [2.24, 2.45) is 5.92 Å². The Kier molecular flexibility index (Phi) is 3.27. The van der Waals surface area contributed by atoms with Gasteiger partial charge in [0, 0.05) is 0 Å². The van der Waals surface area contributed by atoms with Gasteiger partial charge in [0.2, 0.25) is 0 Å². The van der Waals surface area contributed by atoms with Crippen molar-refractivity contribution in [1.82, 2.24) is 5.32 Å². The molecule has 2 fully saturated rings. The maximum absolute atomic E-state index is 10.8. The van der Waals surface area contributed by atoms with Crippen LogP contribution in [0.4, 0.5) is 4.79 Å². The monoisotopic (exact) mass is 197 g/mol. The molecular formula is C11H19NO2. The standard InChI is InChI=1S/C11H19NO2/c13-11-12-8-10(14-11)7-9-5-3-1-2-4-6-9/h9-10H,1-8H2,(H,12,13). The lowest BCUT2D eigenvalue weighted by Gasteiger charge is -2.16. The Morgan fingerprint density at radius 2 is 1.93 bits per heavy atom. The van der Waals surface area contributed by atoms with E-state index >= 15 is 0 Å². The second kappa shape index (κ2) is 4.67. The van der Waals surface area contributed by atoms with Gasteiger partial charge in [0.15, 0.2) is 0 Å². The zero-order chi connectivity index (χ0) is 9.80. The minimum absolute atomic E-state index is 0.144. The van der Waals surface area contributed by atoms with Gasteiger partial charge in [-0.05, 0) is 12.3 Å². The Balaban J connectivity index is 1.75. The van der Waals surface area contributed by atoms with Crippen LogP contribution in [0.15, 0.2) is 0 Å². The molecule has 1 saturated heterocycles. The van der Waals surface area contributed by atoms with Crippen LogP contribution in [-0.4, -0.2) is 18.7 Å². The van der Waals surface area contributed by atoms with Gasteiger partial charge >= 0.3 is 6.09 Å². The van der Waals surface area contributed by atoms with Crippen LogP contribution in [0.2, 0.25) is 0 Å². The molecule has 1 unspecified atom stereocenters. The van der Waals surface area contributed by atoms with Crippen molar-refractivity contribution < 1.29 is 9.53 Å². The first-order valence-electron chi connectivity index (χ1n) is 5.79. The SMILES string of the molecule is O=C1NCC(CC2CCCCCC2)O1. The van der Waals surface area contributed by atoms with Gasteiger partial charge in [-0.3, -0.25) is 0 Å². The minimum atomic E-state index is -0.233. The van der Waals surface area contributed by atoms with Crippen molar-refractivity contribution in [2.75, 3.05) is 6.54 Å². The molecule has 0 aromatic heterocycles. The summed E-state index contributed by atoms with van der Waals surface area (Å²) in [6, 6.07) is 0. The van der Waals surface area contributed by atoms with E-state index in [2.05, 4.69) is 5.32 Å². The molecule has 80 valence electrons. The maximum Gasteiger partial charge on any atom is 0.407 e. The molecule has 3 nitrogen and oxygen atoms in total. The van der Waals surface area contributed by atoms with Gasteiger partial charge in [0.1, 0.15) is 6.10 Å². The topological polar surface area (TPSA) is 38.3 Å². The number of hydrogen-bond donors (Lipinski definition) is 1. The molecule has 0 spiro atoms. The summed E-state index contributed by atoms with van der Waals surface area (Å²) in [4.78, 5) is 10.8. The number of hydrogen-bond acceptors (Lipinski definition) is 2. The summed E-state index contributed by atoms with van der Waals surface area (Å²) in [5.74, 6) is 0.787. The van der Waals surface area contributed by atoms with E-state index in [9.17, 15) is 4.79 Å². The summed E-state index contributed by atoms with van der Waals surface area (Å²) < 4.78 is 5.15. The van der Waals surface area contributed by atoms with Crippen molar-refractivity contribution in [1.29, 1.82) is 0 Å². The molecule has 1 atom stereocenters. The lowest BCUT2D eigenvalue weighted by atomic mass is 9.94. The minimum Gasteiger partial charge on any atom is -0.444 e. The molecule has 2 aliphatic rings. The lowest BCUT2D eigenvalue weighted by Crippen LogP contribution is -2.18. The first kappa shape index (κ1) is 9.81. The Labute approximate surface area is 85.2 Å². The quantitative estimate of drug-likeness (QED) is 0.690. The summed E-state index contributed by atoms with van der Waals surface area (Å²) in [5, 5.41) is 2.71. The zero-order valence-corrected chi connectivity index (χ0v) is 8.63. The number of carbonyl (C=O) groups is 1. The van der Waals surface area contributed by atoms with E-state index in [-0.39, 0.29) is 12.2 Å². The fourth-order valence-corrected chi connectivity index (χ4v) is 2.53. The van der Waals surface area contributed by atoms with Gasteiger partial charge in [-0.2, -0.15) is 0 Å². The van der Waals surface area contributed by atoms with Crippen LogP contribution in [-0.2, 0) is 4.74 Å². The van der Waals surface area contributed by atoms with E-state index in [1.54, 1.807) is 0 Å². The third-order valence-electron chi connectivity index (χ3n) is 3.32. The molecule has 1 saturated carbocycles. The molecule has 0 radical (unpaired) electrons. The number of carbonyl (C=O) groups excluding carboxylic acids is 1. The first-order chi connectivity index (χ1) is 6.84. The van der Waals surface area contributed by atoms with Crippen LogP contribution in [0, 0.1) is 5.92 Å². The summed E-state index contributed by atoms with van der Waals surface area (Å²) >= 11 is 0. The molecule has 0 aromatic rings. The van der Waals surface area contributed by atoms with Crippen molar-refractivity contribution >= 4 is 6.09 Å². The lowest BCUT2D eigenvalue weighted by molar-refractivity contribution is 0.123. The summed E-state index contributed by atoms with van der Waals surface area (Å²) in [5.41, 5.74) is 0. The number of nitrogens with one attached hydrogen (secondary N) is 1. The number of amides is 1. The van der Waals surface area contributed by atoms with Crippen LogP contribution in [0.5, 0.6) is 0 Å². The molecule has 3 heteroatoms. The van der Waals surface area contributed by atoms with Gasteiger partial charge in [-0.15, -0.1) is 0 Å². The van der Waals surface area contributed by atoms with E-state index in [0.717, 1.165) is 18.9 Å². The van der Waals surface area contributed by atoms with Gasteiger partial charge < -0.3 is 10.1 Å². The molecule has 0 aromatic carbocycles. The third kappa shape index (κ3) is 2.63. The van der Waals surface area contributed by atoms with Crippen molar-refractivity contribution in [3.63, 3.8) is 0 Å². The van der Waals surface area contributed by atoms with Gasteiger partial charge in [0.25, 0.3) is 0 Å². The van der Waals surface area contributed by atoms with Crippen molar-refractivity contribution in [3.8, 4) is 0 Å². The first-order valence-corrected chi connectivity index (χ1v) is 5.79. The van der Waals surface area contributed by atoms with Crippen LogP contribution in [0.25, 0.3) is 0 Å². The average Bonchev–Trinajstić information content (AvgIpc) is 2.43. The van der Waals surface area contributed by atoms with E-state index < -0.39 is 0 Å². The molecule has 14 heavy (non-hydrogen) atoms. The molecule has 0 bridgehead atoms. The smallest absolute Gasteiger partial charge is 0.407 e. The second-order valence-electron chi connectivity index (χ2n) is 4.50. The highest BCUT2D eigenvalue weighted by atomic mass is 16.6. The molecular weight excluding hydrogens is 178 g/mol. The Bertz CT molecular complexity index is 197. The maximum atomic E-state index is 10.8. The molecule has 1 aliphatic carbocycles. The van der Waals surface area contributed by atoms with E-state index in [1.165, 1.54) is 38.5 Å². The molecule has 1 heterocycles. The predicted molar refractivity (Wildman–Crippen MR) is 54.1 cm³/mol. The van der Waals surface area contributed by atoms with Gasteiger partial charge in [0.05, 0.1) is 6.54 Å². The molecule has 2 rings (SSSR count). The van der Waals surface area contributed by atoms with Gasteiger partial charge in [-0.25, -0.2) is 4.79 Å². The highest BCUT2D eigenvalue weighted by Gasteiger charge is 2.25. The molecule has 1 amide bonds. The van der Waals surface area contributed by atoms with Gasteiger partial charge in [-0.1, -0.05) is 38.5 Å². The van der Waals surface area contributed by atoms with E-state index in [0.29, 0.717) is 0 Å². The molecule has 1 aliphatic heterocycles. The summed E-state index contributed by atoms with van der Waals surface area (Å²) in [6.07, 6.45) is 9.13. The zero-order valence-electron chi connectivity index (χ0n) is 8.63. The number of cyclic esters (lactones) is 1. The van der Waals surface area contributed by atoms with E-state index in [4.69, 9.17) is 4.74 Å². The van der Waals surface area contributed by atoms with Crippen LogP contribution >= 0.6 is 0 Å². The largest absolute Gasteiger partial charge is 0.444 e. The average molecular weight is 197 g/mol. The fraction of sp³-hybridized carbons (Fsp3) is 0.909. The molecule has 1 N–H and O–H groups in total. The Hall–Kier alpha value is -0.730. The van der Waals surface area contributed by atoms with Crippen LogP contribution in [0.3, 0.4) is 0 Å². The van der Waals surface area contributed by atoms with Crippen molar-refractivity contribution in [3.05, 3.63) is 0 Å². The second-order valence-corrected chi connectivity index (χ2v) is 4.50. The summed E-state index contributed by atoms with van der Waals surface area (Å²) in [6.45, 7) is 0.718. The van der Waals surface area contributed by atoms with E-state index in [1.807, 2.05) is 0 Å². The van der Waals surface area contributed by atoms with Crippen LogP contribution < -0.4 is 5.32 Å². The third-order valence-corrected chi connectivity index (χ3v) is 3.32. The van der Waals surface area contributed by atoms with Crippen molar-refractivity contribution in [2.45, 2.75) is 51.0 Å². The van der Waals surface area contributed by atoms with Crippen LogP contribution in [0.1, 0.15) is 44.9 Å². The highest BCUT2D eigenvalue weighted by Crippen LogP contribution is 2.27. The highest BCUT2D eigenvalue weighted by molar-refractivity contribution is 5.69. The Morgan fingerprint density at radius 3 is 2.50 bits per heavy atom. The summed E-state index contributed by atoms with van der Waals surface area (Å²) in [7, 11) is 0. The number of rotatable bonds is 2. The fourth-order valence-electron chi connectivity index (χ4n) is 2.53. The normalized spacial score (nSPS) is 29.4. The Morgan fingerprint density at radius 1 is 1.21 bits per heavy atom. The number of alkyl carbamates (subject to hydrolysis) is 1. The number of ether oxygens (including phenoxy) is 1.